The predicted molar refractivity (Wildman–Crippen MR) is 85.1 cm³/mol. The zero-order chi connectivity index (χ0) is 14.4. The summed E-state index contributed by atoms with van der Waals surface area (Å²) in [5.41, 5.74) is 4.05. The monoisotopic (exact) mass is 275 g/mol. The van der Waals surface area contributed by atoms with E-state index >= 15 is 0 Å². The molecule has 2 nitrogen and oxygen atoms in total. The third kappa shape index (κ3) is 4.07. The summed E-state index contributed by atoms with van der Waals surface area (Å²) in [5.74, 6) is 0. The summed E-state index contributed by atoms with van der Waals surface area (Å²) < 4.78 is 0. The molecular weight excluding hydrogens is 246 g/mol. The standard InChI is InChI=1S/C18H29NO/c1-3-11-19(12-4-2)14-18(20)17-10-9-15-7-5-6-8-16(15)13-17/h9-10,13,18,20H,3-8,11-12,14H2,1-2H3. The highest BCUT2D eigenvalue weighted by molar-refractivity contribution is 5.34. The summed E-state index contributed by atoms with van der Waals surface area (Å²) in [5, 5.41) is 10.5. The molecule has 0 amide bonds. The van der Waals surface area contributed by atoms with Crippen molar-refractivity contribution in [3.63, 3.8) is 0 Å². The zero-order valence-corrected chi connectivity index (χ0v) is 13.1. The molecule has 0 aliphatic heterocycles. The fraction of sp³-hybridized carbons (Fsp3) is 0.667. The van der Waals surface area contributed by atoms with Gasteiger partial charge in [-0.1, -0.05) is 32.0 Å². The number of benzene rings is 1. The minimum atomic E-state index is -0.347. The third-order valence-corrected chi connectivity index (χ3v) is 4.27. The van der Waals surface area contributed by atoms with Crippen molar-refractivity contribution in [1.29, 1.82) is 0 Å². The molecule has 0 heterocycles. The number of aliphatic hydroxyl groups is 1. The first-order valence-electron chi connectivity index (χ1n) is 8.26. The van der Waals surface area contributed by atoms with Crippen LogP contribution in [0.5, 0.6) is 0 Å². The number of hydrogen-bond acceptors (Lipinski definition) is 2. The van der Waals surface area contributed by atoms with Gasteiger partial charge in [0, 0.05) is 6.54 Å². The molecule has 2 rings (SSSR count). The molecule has 1 atom stereocenters. The quantitative estimate of drug-likeness (QED) is 0.820. The molecule has 2 heteroatoms. The Morgan fingerprint density at radius 2 is 1.70 bits per heavy atom. The van der Waals surface area contributed by atoms with E-state index in [1.54, 1.807) is 0 Å². The van der Waals surface area contributed by atoms with Crippen molar-refractivity contribution in [3.8, 4) is 0 Å². The van der Waals surface area contributed by atoms with Gasteiger partial charge < -0.3 is 10.0 Å². The van der Waals surface area contributed by atoms with Gasteiger partial charge in [-0.2, -0.15) is 0 Å². The van der Waals surface area contributed by atoms with Crippen molar-refractivity contribution in [1.82, 2.24) is 4.90 Å². The number of fused-ring (bicyclic) bond motifs is 1. The number of aliphatic hydroxyl groups excluding tert-OH is 1. The van der Waals surface area contributed by atoms with E-state index < -0.39 is 0 Å². The van der Waals surface area contributed by atoms with E-state index in [1.807, 2.05) is 0 Å². The molecule has 0 radical (unpaired) electrons. The summed E-state index contributed by atoms with van der Waals surface area (Å²) in [6.45, 7) is 7.33. The van der Waals surface area contributed by atoms with Gasteiger partial charge in [-0.15, -0.1) is 0 Å². The van der Waals surface area contributed by atoms with Crippen molar-refractivity contribution in [2.75, 3.05) is 19.6 Å². The highest BCUT2D eigenvalue weighted by Crippen LogP contribution is 2.25. The van der Waals surface area contributed by atoms with E-state index in [9.17, 15) is 5.11 Å². The van der Waals surface area contributed by atoms with E-state index in [0.717, 1.165) is 38.0 Å². The second-order valence-electron chi connectivity index (χ2n) is 6.05. The largest absolute Gasteiger partial charge is 0.387 e. The molecule has 0 aromatic heterocycles. The summed E-state index contributed by atoms with van der Waals surface area (Å²) in [6, 6.07) is 6.61. The molecule has 0 saturated carbocycles. The maximum Gasteiger partial charge on any atom is 0.0917 e. The molecule has 0 bridgehead atoms. The molecule has 112 valence electrons. The first kappa shape index (κ1) is 15.5. The molecule has 20 heavy (non-hydrogen) atoms. The van der Waals surface area contributed by atoms with E-state index in [0.29, 0.717) is 0 Å². The predicted octanol–water partition coefficient (Wildman–Crippen LogP) is 3.72. The Balaban J connectivity index is 2.02. The number of rotatable bonds is 7. The fourth-order valence-corrected chi connectivity index (χ4v) is 3.24. The first-order chi connectivity index (χ1) is 9.74. The fourth-order valence-electron chi connectivity index (χ4n) is 3.24. The minimum Gasteiger partial charge on any atom is -0.387 e. The van der Waals surface area contributed by atoms with Gasteiger partial charge in [-0.05, 0) is 68.3 Å². The van der Waals surface area contributed by atoms with E-state index in [2.05, 4.69) is 36.9 Å². The van der Waals surface area contributed by atoms with E-state index in [-0.39, 0.29) is 6.10 Å². The summed E-state index contributed by atoms with van der Waals surface area (Å²) in [4.78, 5) is 2.38. The van der Waals surface area contributed by atoms with Crippen LogP contribution < -0.4 is 0 Å². The maximum absolute atomic E-state index is 10.5. The van der Waals surface area contributed by atoms with Crippen LogP contribution in [0.15, 0.2) is 18.2 Å². The normalized spacial score (nSPS) is 16.2. The number of hydrogen-bond donors (Lipinski definition) is 1. The van der Waals surface area contributed by atoms with Crippen molar-refractivity contribution >= 4 is 0 Å². The smallest absolute Gasteiger partial charge is 0.0917 e. The molecule has 1 aromatic rings. The van der Waals surface area contributed by atoms with Crippen LogP contribution in [0.25, 0.3) is 0 Å². The lowest BCUT2D eigenvalue weighted by Gasteiger charge is -2.25. The van der Waals surface area contributed by atoms with Crippen LogP contribution in [0.3, 0.4) is 0 Å². The molecule has 0 fully saturated rings. The topological polar surface area (TPSA) is 23.5 Å². The lowest BCUT2D eigenvalue weighted by molar-refractivity contribution is 0.113. The third-order valence-electron chi connectivity index (χ3n) is 4.27. The molecule has 1 aromatic carbocycles. The lowest BCUT2D eigenvalue weighted by Crippen LogP contribution is -2.30. The highest BCUT2D eigenvalue weighted by atomic mass is 16.3. The van der Waals surface area contributed by atoms with Gasteiger partial charge in [-0.25, -0.2) is 0 Å². The lowest BCUT2D eigenvalue weighted by atomic mass is 9.89. The van der Waals surface area contributed by atoms with Crippen LogP contribution in [0.2, 0.25) is 0 Å². The van der Waals surface area contributed by atoms with Crippen LogP contribution in [0.4, 0.5) is 0 Å². The van der Waals surface area contributed by atoms with Crippen LogP contribution in [-0.2, 0) is 12.8 Å². The SMILES string of the molecule is CCCN(CCC)CC(O)c1ccc2c(c1)CCCC2. The second kappa shape index (κ2) is 7.80. The number of nitrogens with zero attached hydrogens (tertiary/aromatic N) is 1. The van der Waals surface area contributed by atoms with E-state index in [1.165, 1.54) is 36.8 Å². The zero-order valence-electron chi connectivity index (χ0n) is 13.1. The maximum atomic E-state index is 10.5. The molecule has 1 unspecified atom stereocenters. The van der Waals surface area contributed by atoms with Crippen LogP contribution in [-0.4, -0.2) is 29.6 Å². The average molecular weight is 275 g/mol. The van der Waals surface area contributed by atoms with Gasteiger partial charge >= 0.3 is 0 Å². The van der Waals surface area contributed by atoms with Crippen molar-refractivity contribution in [3.05, 3.63) is 34.9 Å². The Morgan fingerprint density at radius 3 is 2.35 bits per heavy atom. The molecule has 0 spiro atoms. The Morgan fingerprint density at radius 1 is 1.05 bits per heavy atom. The van der Waals surface area contributed by atoms with Gasteiger partial charge in [0.05, 0.1) is 6.10 Å². The minimum absolute atomic E-state index is 0.347. The van der Waals surface area contributed by atoms with Crippen LogP contribution in [0.1, 0.15) is 62.3 Å². The Hall–Kier alpha value is -0.860. The van der Waals surface area contributed by atoms with Crippen molar-refractivity contribution < 1.29 is 5.11 Å². The van der Waals surface area contributed by atoms with Gasteiger partial charge in [0.1, 0.15) is 0 Å². The van der Waals surface area contributed by atoms with Gasteiger partial charge in [0.2, 0.25) is 0 Å². The van der Waals surface area contributed by atoms with Gasteiger partial charge in [0.15, 0.2) is 0 Å². The summed E-state index contributed by atoms with van der Waals surface area (Å²) in [6.07, 6.45) is 6.96. The van der Waals surface area contributed by atoms with Crippen LogP contribution >= 0.6 is 0 Å². The molecular formula is C18H29NO. The molecule has 1 aliphatic carbocycles. The van der Waals surface area contributed by atoms with Crippen LogP contribution in [0, 0.1) is 0 Å². The van der Waals surface area contributed by atoms with Gasteiger partial charge in [-0.3, -0.25) is 0 Å². The average Bonchev–Trinajstić information content (AvgIpc) is 2.47. The molecule has 1 aliphatic rings. The summed E-state index contributed by atoms with van der Waals surface area (Å²) in [7, 11) is 0. The second-order valence-corrected chi connectivity index (χ2v) is 6.05. The highest BCUT2D eigenvalue weighted by Gasteiger charge is 2.15. The van der Waals surface area contributed by atoms with Crippen molar-refractivity contribution in [2.24, 2.45) is 0 Å². The Labute approximate surface area is 123 Å². The first-order valence-corrected chi connectivity index (χ1v) is 8.26. The molecule has 1 N–H and O–H groups in total. The Kier molecular flexibility index (Phi) is 6.06. The molecule has 0 saturated heterocycles. The van der Waals surface area contributed by atoms with Gasteiger partial charge in [0.25, 0.3) is 0 Å². The van der Waals surface area contributed by atoms with E-state index in [4.69, 9.17) is 0 Å². The Bertz CT molecular complexity index is 410. The van der Waals surface area contributed by atoms with Crippen molar-refractivity contribution in [2.45, 2.75) is 58.5 Å². The number of aryl methyl sites for hydroxylation is 2. The summed E-state index contributed by atoms with van der Waals surface area (Å²) >= 11 is 0.